The van der Waals surface area contributed by atoms with Crippen LogP contribution < -0.4 is 15.8 Å². The van der Waals surface area contributed by atoms with E-state index in [1.54, 1.807) is 4.90 Å². The van der Waals surface area contributed by atoms with Gasteiger partial charge in [-0.3, -0.25) is 9.59 Å². The molecule has 2 aliphatic rings. The third-order valence-corrected chi connectivity index (χ3v) is 6.62. The summed E-state index contributed by atoms with van der Waals surface area (Å²) in [6.07, 6.45) is 0.524. The number of nitrogens with zero attached hydrogens (tertiary/aromatic N) is 2. The molecule has 3 atom stereocenters. The first-order chi connectivity index (χ1) is 15.4. The Morgan fingerprint density at radius 1 is 1.25 bits per heavy atom. The Hall–Kier alpha value is -3.61. The molecule has 164 valence electrons. The number of primary amides is 1. The molecule has 5 rings (SSSR count). The number of fused-ring (bicyclic) bond motifs is 5. The molecule has 0 spiro atoms. The average molecular weight is 431 g/mol. The van der Waals surface area contributed by atoms with Gasteiger partial charge in [-0.25, -0.2) is 4.98 Å². The first-order valence-electron chi connectivity index (χ1n) is 10.9. The summed E-state index contributed by atoms with van der Waals surface area (Å²) in [5, 5.41) is 4.44. The minimum absolute atomic E-state index is 0.274. The summed E-state index contributed by atoms with van der Waals surface area (Å²) in [7, 11) is 0. The van der Waals surface area contributed by atoms with Crippen LogP contribution in [0.3, 0.4) is 0 Å². The number of nitrogens with one attached hydrogen (secondary N) is 1. The number of rotatable bonds is 5. The number of carbonyl (C=O) groups is 2. The van der Waals surface area contributed by atoms with Crippen LogP contribution in [-0.2, 0) is 9.59 Å². The number of aromatic nitrogens is 1. The fraction of sp³-hybridized carbons (Fsp3) is 0.320. The maximum absolute atomic E-state index is 13.4. The van der Waals surface area contributed by atoms with Gasteiger partial charge in [-0.15, -0.1) is 0 Å². The van der Waals surface area contributed by atoms with E-state index in [0.29, 0.717) is 25.3 Å². The lowest BCUT2D eigenvalue weighted by Crippen LogP contribution is -2.65. The maximum atomic E-state index is 13.4. The summed E-state index contributed by atoms with van der Waals surface area (Å²) >= 11 is 0. The lowest BCUT2D eigenvalue weighted by atomic mass is 9.73. The van der Waals surface area contributed by atoms with E-state index in [0.717, 1.165) is 27.8 Å². The van der Waals surface area contributed by atoms with Crippen molar-refractivity contribution in [2.45, 2.75) is 31.9 Å². The van der Waals surface area contributed by atoms with Crippen LogP contribution >= 0.6 is 0 Å². The van der Waals surface area contributed by atoms with E-state index in [2.05, 4.69) is 17.2 Å². The van der Waals surface area contributed by atoms with Crippen LogP contribution in [0.2, 0.25) is 0 Å². The second-order valence-corrected chi connectivity index (χ2v) is 8.76. The predicted octanol–water partition coefficient (Wildman–Crippen LogP) is 3.18. The third kappa shape index (κ3) is 3.25. The summed E-state index contributed by atoms with van der Waals surface area (Å²) in [4.78, 5) is 32.0. The van der Waals surface area contributed by atoms with Gasteiger partial charge in [0.2, 0.25) is 11.8 Å². The molecule has 2 bridgehead atoms. The number of anilines is 1. The number of carbonyl (C=O) groups excluding carboxylic acids is 2. The molecule has 7 nitrogen and oxygen atoms in total. The number of pyridine rings is 1. The molecule has 1 fully saturated rings. The zero-order valence-corrected chi connectivity index (χ0v) is 18.2. The molecule has 3 aromatic rings. The van der Waals surface area contributed by atoms with Crippen LogP contribution in [0.1, 0.15) is 30.4 Å². The van der Waals surface area contributed by atoms with Crippen LogP contribution in [0, 0.1) is 12.8 Å². The summed E-state index contributed by atoms with van der Waals surface area (Å²) in [6, 6.07) is 17.6. The van der Waals surface area contributed by atoms with Crippen LogP contribution in [0.4, 0.5) is 5.82 Å². The second kappa shape index (κ2) is 7.51. The number of hydrogen-bond acceptors (Lipinski definition) is 5. The van der Waals surface area contributed by atoms with Gasteiger partial charge in [-0.1, -0.05) is 36.4 Å². The van der Waals surface area contributed by atoms with E-state index in [-0.39, 0.29) is 11.8 Å². The van der Waals surface area contributed by atoms with Gasteiger partial charge in [0.05, 0.1) is 5.52 Å². The highest BCUT2D eigenvalue weighted by Crippen LogP contribution is 2.49. The Morgan fingerprint density at radius 2 is 2.00 bits per heavy atom. The largest absolute Gasteiger partial charge is 0.468 e. The lowest BCUT2D eigenvalue weighted by Gasteiger charge is -2.52. The first-order valence-corrected chi connectivity index (χ1v) is 10.9. The number of nitrogens with two attached hydrogens (primary N) is 1. The fourth-order valence-corrected chi connectivity index (χ4v) is 5.11. The molecule has 0 aliphatic carbocycles. The van der Waals surface area contributed by atoms with Crippen LogP contribution in [0.15, 0.2) is 54.6 Å². The number of likely N-dealkylation sites (tertiary alicyclic amines) is 1. The van der Waals surface area contributed by atoms with E-state index in [4.69, 9.17) is 10.5 Å². The number of hydrogen-bond donors (Lipinski definition) is 2. The van der Waals surface area contributed by atoms with E-state index in [1.165, 1.54) is 0 Å². The van der Waals surface area contributed by atoms with Crippen molar-refractivity contribution in [3.8, 4) is 5.75 Å². The standard InChI is InChI=1S/C25H26N4O3/c1-15-13-21(28-19-9-5-3-7-16(15)19)27-11-12-29-24(31)22(23(26)30)18-14-25(29,2)32-20-10-6-4-8-17(18)20/h3-10,13,18,22H,11-12,14H2,1-2H3,(H2,26,30)(H,27,28)/t18-,22-,25+/m0/s1. The van der Waals surface area contributed by atoms with Crippen molar-refractivity contribution in [3.05, 3.63) is 65.7 Å². The van der Waals surface area contributed by atoms with E-state index >= 15 is 0 Å². The molecule has 2 aromatic carbocycles. The first kappa shape index (κ1) is 20.3. The van der Waals surface area contributed by atoms with Crippen molar-refractivity contribution in [3.63, 3.8) is 0 Å². The molecule has 3 N–H and O–H groups in total. The molecule has 0 saturated carbocycles. The predicted molar refractivity (Wildman–Crippen MR) is 122 cm³/mol. The molecule has 2 amide bonds. The monoisotopic (exact) mass is 430 g/mol. The van der Waals surface area contributed by atoms with E-state index in [9.17, 15) is 9.59 Å². The van der Waals surface area contributed by atoms with Gasteiger partial charge < -0.3 is 20.7 Å². The van der Waals surface area contributed by atoms with Crippen molar-refractivity contribution < 1.29 is 14.3 Å². The topological polar surface area (TPSA) is 97.6 Å². The minimum Gasteiger partial charge on any atom is -0.468 e. The highest BCUT2D eigenvalue weighted by molar-refractivity contribution is 6.01. The van der Waals surface area contributed by atoms with Gasteiger partial charge in [0.25, 0.3) is 0 Å². The van der Waals surface area contributed by atoms with Crippen molar-refractivity contribution in [2.24, 2.45) is 11.7 Å². The smallest absolute Gasteiger partial charge is 0.238 e. The van der Waals surface area contributed by atoms with Crippen molar-refractivity contribution in [1.29, 1.82) is 0 Å². The number of ether oxygens (including phenoxy) is 1. The van der Waals surface area contributed by atoms with Gasteiger partial charge in [0.15, 0.2) is 5.72 Å². The molecular weight excluding hydrogens is 404 g/mol. The number of amides is 2. The zero-order valence-electron chi connectivity index (χ0n) is 18.2. The van der Waals surface area contributed by atoms with Crippen molar-refractivity contribution >= 4 is 28.5 Å². The quantitative estimate of drug-likeness (QED) is 0.606. The van der Waals surface area contributed by atoms with Crippen molar-refractivity contribution in [2.75, 3.05) is 18.4 Å². The Labute approximate surface area is 186 Å². The van der Waals surface area contributed by atoms with Crippen LogP contribution in [0.5, 0.6) is 5.75 Å². The van der Waals surface area contributed by atoms with E-state index in [1.807, 2.05) is 61.5 Å². The van der Waals surface area contributed by atoms with Gasteiger partial charge in [0, 0.05) is 30.8 Å². The Kier molecular flexibility index (Phi) is 4.77. The SMILES string of the molecule is Cc1cc(NCCN2C(=O)[C@H](C(N)=O)[C@H]3C[C@@]2(C)Oc2ccccc23)nc2ccccc12. The Balaban J connectivity index is 1.39. The van der Waals surface area contributed by atoms with Crippen LogP contribution in [-0.4, -0.2) is 40.5 Å². The normalized spacial score (nSPS) is 24.1. The molecule has 1 saturated heterocycles. The number of piperidine rings is 1. The molecule has 2 aliphatic heterocycles. The molecule has 0 radical (unpaired) electrons. The van der Waals surface area contributed by atoms with Crippen molar-refractivity contribution in [1.82, 2.24) is 9.88 Å². The summed E-state index contributed by atoms with van der Waals surface area (Å²) in [5.41, 5.74) is 7.77. The molecular formula is C25H26N4O3. The highest BCUT2D eigenvalue weighted by atomic mass is 16.5. The lowest BCUT2D eigenvalue weighted by molar-refractivity contribution is -0.174. The van der Waals surface area contributed by atoms with E-state index < -0.39 is 17.6 Å². The summed E-state index contributed by atoms with van der Waals surface area (Å²) in [5.74, 6) is -0.596. The van der Waals surface area contributed by atoms with Gasteiger partial charge in [0.1, 0.15) is 17.5 Å². The third-order valence-electron chi connectivity index (χ3n) is 6.62. The minimum atomic E-state index is -0.894. The summed E-state index contributed by atoms with van der Waals surface area (Å²) < 4.78 is 6.29. The molecule has 3 heterocycles. The number of benzene rings is 2. The molecule has 7 heteroatoms. The average Bonchev–Trinajstić information content (AvgIpc) is 2.75. The van der Waals surface area contributed by atoms with Gasteiger partial charge in [-0.05, 0) is 43.2 Å². The Morgan fingerprint density at radius 3 is 2.81 bits per heavy atom. The maximum Gasteiger partial charge on any atom is 0.238 e. The zero-order chi connectivity index (χ0) is 22.5. The molecule has 0 unspecified atom stereocenters. The number of para-hydroxylation sites is 2. The fourth-order valence-electron chi connectivity index (χ4n) is 5.11. The summed E-state index contributed by atoms with van der Waals surface area (Å²) in [6.45, 7) is 4.79. The van der Waals surface area contributed by atoms with Crippen LogP contribution in [0.25, 0.3) is 10.9 Å². The molecule has 1 aromatic heterocycles. The highest BCUT2D eigenvalue weighted by Gasteiger charge is 2.55. The van der Waals surface area contributed by atoms with Gasteiger partial charge >= 0.3 is 0 Å². The number of aryl methyl sites for hydroxylation is 1. The Bertz CT molecular complexity index is 1230. The molecule has 32 heavy (non-hydrogen) atoms. The van der Waals surface area contributed by atoms with Gasteiger partial charge in [-0.2, -0.15) is 0 Å². The second-order valence-electron chi connectivity index (χ2n) is 8.76.